The molecule has 4 nitrogen and oxygen atoms in total. The van der Waals surface area contributed by atoms with Gasteiger partial charge < -0.3 is 10.0 Å². The number of nitrogens with zero attached hydrogens (tertiary/aromatic N) is 1. The first-order valence-electron chi connectivity index (χ1n) is 7.28. The Morgan fingerprint density at radius 2 is 1.95 bits per heavy atom. The van der Waals surface area contributed by atoms with Crippen LogP contribution in [0.4, 0.5) is 0 Å². The molecule has 4 heteroatoms. The molecule has 1 aliphatic rings. The summed E-state index contributed by atoms with van der Waals surface area (Å²) >= 11 is 0. The molecule has 21 heavy (non-hydrogen) atoms. The lowest BCUT2D eigenvalue weighted by molar-refractivity contribution is -0.131. The van der Waals surface area contributed by atoms with Gasteiger partial charge in [0.1, 0.15) is 0 Å². The molecule has 112 valence electrons. The minimum absolute atomic E-state index is 0.00637. The molecule has 0 aliphatic heterocycles. The zero-order valence-corrected chi connectivity index (χ0v) is 12.5. The van der Waals surface area contributed by atoms with Crippen molar-refractivity contribution in [2.45, 2.75) is 38.6 Å². The van der Waals surface area contributed by atoms with Gasteiger partial charge in [0.05, 0.1) is 0 Å². The number of benzene rings is 1. The van der Waals surface area contributed by atoms with E-state index in [2.05, 4.69) is 0 Å². The lowest BCUT2D eigenvalue weighted by Crippen LogP contribution is -2.35. The number of hydrogen-bond acceptors (Lipinski definition) is 2. The fourth-order valence-electron chi connectivity index (χ4n) is 2.78. The molecule has 0 unspecified atom stereocenters. The quantitative estimate of drug-likeness (QED) is 0.866. The zero-order chi connectivity index (χ0) is 15.4. The van der Waals surface area contributed by atoms with Crippen molar-refractivity contribution in [1.29, 1.82) is 0 Å². The second-order valence-corrected chi connectivity index (χ2v) is 5.60. The molecule has 0 radical (unpaired) electrons. The van der Waals surface area contributed by atoms with Gasteiger partial charge in [-0.1, -0.05) is 18.9 Å². The molecule has 1 aromatic rings. The molecule has 1 saturated carbocycles. The van der Waals surface area contributed by atoms with Crippen molar-refractivity contribution in [2.75, 3.05) is 7.05 Å². The molecule has 1 amide bonds. The molecule has 0 atom stereocenters. The van der Waals surface area contributed by atoms with E-state index in [1.807, 2.05) is 24.9 Å². The lowest BCUT2D eigenvalue weighted by atomic mass is 10.0. The first kappa shape index (κ1) is 15.3. The van der Waals surface area contributed by atoms with Gasteiger partial charge in [0, 0.05) is 24.7 Å². The summed E-state index contributed by atoms with van der Waals surface area (Å²) in [6.45, 7) is 1.90. The van der Waals surface area contributed by atoms with E-state index in [1.54, 1.807) is 12.1 Å². The highest BCUT2D eigenvalue weighted by molar-refractivity contribution is 5.95. The van der Waals surface area contributed by atoms with Gasteiger partial charge in [-0.15, -0.1) is 0 Å². The van der Waals surface area contributed by atoms with Crippen molar-refractivity contribution in [2.24, 2.45) is 0 Å². The normalized spacial score (nSPS) is 15.5. The molecule has 0 saturated heterocycles. The molecule has 0 aromatic heterocycles. The van der Waals surface area contributed by atoms with Crippen LogP contribution in [0, 0.1) is 6.92 Å². The third-order valence-electron chi connectivity index (χ3n) is 4.12. The van der Waals surface area contributed by atoms with Gasteiger partial charge in [0.2, 0.25) is 0 Å². The summed E-state index contributed by atoms with van der Waals surface area (Å²) in [6, 6.07) is 5.76. The third kappa shape index (κ3) is 3.72. The minimum Gasteiger partial charge on any atom is -0.478 e. The molecule has 0 heterocycles. The van der Waals surface area contributed by atoms with Crippen LogP contribution >= 0.6 is 0 Å². The Balaban J connectivity index is 2.21. The van der Waals surface area contributed by atoms with Gasteiger partial charge in [-0.3, -0.25) is 4.79 Å². The Morgan fingerprint density at radius 3 is 2.57 bits per heavy atom. The monoisotopic (exact) mass is 287 g/mol. The van der Waals surface area contributed by atoms with Crippen molar-refractivity contribution in [3.63, 3.8) is 0 Å². The summed E-state index contributed by atoms with van der Waals surface area (Å²) in [5.74, 6) is -0.985. The van der Waals surface area contributed by atoms with Gasteiger partial charge in [-0.2, -0.15) is 0 Å². The van der Waals surface area contributed by atoms with Gasteiger partial charge in [0.25, 0.3) is 5.91 Å². The molecule has 1 fully saturated rings. The number of aliphatic carboxylic acids is 1. The highest BCUT2D eigenvalue weighted by Gasteiger charge is 2.24. The van der Waals surface area contributed by atoms with E-state index in [0.29, 0.717) is 11.6 Å². The average Bonchev–Trinajstić information content (AvgIpc) is 2.99. The van der Waals surface area contributed by atoms with Crippen LogP contribution < -0.4 is 0 Å². The second kappa shape index (κ2) is 6.57. The number of carboxylic acid groups (broad SMARTS) is 1. The minimum atomic E-state index is -0.991. The summed E-state index contributed by atoms with van der Waals surface area (Å²) in [7, 11) is 1.85. The topological polar surface area (TPSA) is 57.6 Å². The Kier molecular flexibility index (Phi) is 4.78. The molecular formula is C17H21NO3. The fourth-order valence-corrected chi connectivity index (χ4v) is 2.78. The second-order valence-electron chi connectivity index (χ2n) is 5.60. The van der Waals surface area contributed by atoms with E-state index in [4.69, 9.17) is 5.11 Å². The zero-order valence-electron chi connectivity index (χ0n) is 12.5. The Morgan fingerprint density at radius 1 is 1.29 bits per heavy atom. The Hall–Kier alpha value is -2.10. The predicted molar refractivity (Wildman–Crippen MR) is 82.2 cm³/mol. The van der Waals surface area contributed by atoms with E-state index in [0.717, 1.165) is 30.0 Å². The summed E-state index contributed by atoms with van der Waals surface area (Å²) in [4.78, 5) is 25.0. The maximum absolute atomic E-state index is 12.5. The molecule has 2 rings (SSSR count). The third-order valence-corrected chi connectivity index (χ3v) is 4.12. The number of rotatable bonds is 4. The van der Waals surface area contributed by atoms with Crippen LogP contribution in [0.1, 0.15) is 47.2 Å². The number of carboxylic acids is 1. The van der Waals surface area contributed by atoms with E-state index in [-0.39, 0.29) is 5.91 Å². The Labute approximate surface area is 125 Å². The average molecular weight is 287 g/mol. The number of hydrogen-bond donors (Lipinski definition) is 1. The maximum atomic E-state index is 12.5. The van der Waals surface area contributed by atoms with Crippen LogP contribution in [0.25, 0.3) is 6.08 Å². The SMILES string of the molecule is Cc1ccc(C(=O)N(C)C2CCCC2)cc1/C=C/C(=O)O. The highest BCUT2D eigenvalue weighted by Crippen LogP contribution is 2.24. The van der Waals surface area contributed by atoms with E-state index in [1.165, 1.54) is 18.9 Å². The number of amides is 1. The Bertz CT molecular complexity index is 571. The van der Waals surface area contributed by atoms with E-state index >= 15 is 0 Å². The van der Waals surface area contributed by atoms with Crippen LogP contribution in [-0.2, 0) is 4.79 Å². The molecule has 0 bridgehead atoms. The number of carbonyl (C=O) groups is 2. The van der Waals surface area contributed by atoms with Crippen molar-refractivity contribution in [3.8, 4) is 0 Å². The van der Waals surface area contributed by atoms with Gasteiger partial charge in [-0.05, 0) is 49.1 Å². The van der Waals surface area contributed by atoms with Crippen LogP contribution in [0.5, 0.6) is 0 Å². The molecular weight excluding hydrogens is 266 g/mol. The number of carbonyl (C=O) groups excluding carboxylic acids is 1. The smallest absolute Gasteiger partial charge is 0.328 e. The molecule has 1 N–H and O–H groups in total. The van der Waals surface area contributed by atoms with Crippen LogP contribution in [0.15, 0.2) is 24.3 Å². The fraction of sp³-hybridized carbons (Fsp3) is 0.412. The predicted octanol–water partition coefficient (Wildman–Crippen LogP) is 3.11. The largest absolute Gasteiger partial charge is 0.478 e. The van der Waals surface area contributed by atoms with Crippen LogP contribution in [0.2, 0.25) is 0 Å². The van der Waals surface area contributed by atoms with Crippen molar-refractivity contribution in [1.82, 2.24) is 4.90 Å². The standard InChI is InChI=1S/C17H21NO3/c1-12-7-8-14(11-13(12)9-10-16(19)20)17(21)18(2)15-5-3-4-6-15/h7-11,15H,3-6H2,1-2H3,(H,19,20)/b10-9+. The van der Waals surface area contributed by atoms with Gasteiger partial charge >= 0.3 is 5.97 Å². The summed E-state index contributed by atoms with van der Waals surface area (Å²) in [6.07, 6.45) is 7.13. The van der Waals surface area contributed by atoms with Gasteiger partial charge in [-0.25, -0.2) is 4.79 Å². The van der Waals surface area contributed by atoms with Crippen LogP contribution in [-0.4, -0.2) is 35.0 Å². The number of aryl methyl sites for hydroxylation is 1. The van der Waals surface area contributed by atoms with E-state index in [9.17, 15) is 9.59 Å². The maximum Gasteiger partial charge on any atom is 0.328 e. The first-order chi connectivity index (χ1) is 9.99. The summed E-state index contributed by atoms with van der Waals surface area (Å²) in [5, 5.41) is 8.71. The molecule has 1 aromatic carbocycles. The molecule has 0 spiro atoms. The first-order valence-corrected chi connectivity index (χ1v) is 7.28. The lowest BCUT2D eigenvalue weighted by Gasteiger charge is -2.24. The van der Waals surface area contributed by atoms with Crippen molar-refractivity contribution < 1.29 is 14.7 Å². The van der Waals surface area contributed by atoms with Crippen LogP contribution in [0.3, 0.4) is 0 Å². The van der Waals surface area contributed by atoms with Crippen molar-refractivity contribution >= 4 is 18.0 Å². The van der Waals surface area contributed by atoms with Crippen molar-refractivity contribution in [3.05, 3.63) is 41.0 Å². The van der Waals surface area contributed by atoms with Gasteiger partial charge in [0.15, 0.2) is 0 Å². The van der Waals surface area contributed by atoms with E-state index < -0.39 is 5.97 Å². The molecule has 1 aliphatic carbocycles. The summed E-state index contributed by atoms with van der Waals surface area (Å²) < 4.78 is 0. The highest BCUT2D eigenvalue weighted by atomic mass is 16.4. The summed E-state index contributed by atoms with van der Waals surface area (Å²) in [5.41, 5.74) is 2.33.